The van der Waals surface area contributed by atoms with Crippen LogP contribution in [0.1, 0.15) is 43.6 Å². The Morgan fingerprint density at radius 2 is 2.07 bits per heavy atom. The van der Waals surface area contributed by atoms with Crippen molar-refractivity contribution in [2.75, 3.05) is 6.54 Å². The molecule has 1 aromatic carbocycles. The molecule has 1 aliphatic rings. The predicted octanol–water partition coefficient (Wildman–Crippen LogP) is 3.83. The zero-order valence-corrected chi connectivity index (χ0v) is 16.1. The van der Waals surface area contributed by atoms with Crippen LogP contribution in [0.4, 0.5) is 4.39 Å². The van der Waals surface area contributed by atoms with E-state index in [0.29, 0.717) is 24.7 Å². The van der Waals surface area contributed by atoms with E-state index in [0.717, 1.165) is 36.8 Å². The van der Waals surface area contributed by atoms with E-state index in [1.54, 1.807) is 30.6 Å². The van der Waals surface area contributed by atoms with E-state index >= 15 is 0 Å². The highest BCUT2D eigenvalue weighted by atomic mass is 19.1. The predicted molar refractivity (Wildman–Crippen MR) is 105 cm³/mol. The molecule has 0 unspecified atom stereocenters. The summed E-state index contributed by atoms with van der Waals surface area (Å²) in [5.41, 5.74) is 1.55. The molecule has 0 bridgehead atoms. The number of nitrogens with one attached hydrogen (secondary N) is 1. The maximum atomic E-state index is 13.7. The molecule has 29 heavy (non-hydrogen) atoms. The summed E-state index contributed by atoms with van der Waals surface area (Å²) in [6, 6.07) is 10.4. The lowest BCUT2D eigenvalue weighted by atomic mass is 9.78. The molecule has 0 aliphatic heterocycles. The number of hydrogen-bond donors (Lipinski definition) is 1. The van der Waals surface area contributed by atoms with Gasteiger partial charge in [-0.2, -0.15) is 4.98 Å². The third-order valence-corrected chi connectivity index (χ3v) is 5.58. The van der Waals surface area contributed by atoms with Gasteiger partial charge in [0.1, 0.15) is 5.82 Å². The highest BCUT2D eigenvalue weighted by Gasteiger charge is 2.36. The number of pyridine rings is 1. The Morgan fingerprint density at radius 1 is 1.21 bits per heavy atom. The van der Waals surface area contributed by atoms with Crippen molar-refractivity contribution >= 4 is 5.91 Å². The van der Waals surface area contributed by atoms with Gasteiger partial charge in [0, 0.05) is 42.8 Å². The third-order valence-electron chi connectivity index (χ3n) is 5.58. The molecule has 0 spiro atoms. The van der Waals surface area contributed by atoms with Crippen LogP contribution in [0.2, 0.25) is 0 Å². The smallest absolute Gasteiger partial charge is 0.227 e. The van der Waals surface area contributed by atoms with Gasteiger partial charge < -0.3 is 9.84 Å². The van der Waals surface area contributed by atoms with Gasteiger partial charge in [-0.05, 0) is 42.7 Å². The van der Waals surface area contributed by atoms with Crippen molar-refractivity contribution in [3.8, 4) is 11.4 Å². The van der Waals surface area contributed by atoms with Crippen LogP contribution in [0.3, 0.4) is 0 Å². The van der Waals surface area contributed by atoms with Gasteiger partial charge >= 0.3 is 0 Å². The molecule has 1 aliphatic carbocycles. The molecule has 0 saturated heterocycles. The van der Waals surface area contributed by atoms with E-state index in [2.05, 4.69) is 20.4 Å². The Bertz CT molecular complexity index is 968. The van der Waals surface area contributed by atoms with Crippen LogP contribution in [0, 0.1) is 5.82 Å². The quantitative estimate of drug-likeness (QED) is 0.659. The number of carbonyl (C=O) groups is 1. The number of aromatic nitrogens is 3. The zero-order valence-electron chi connectivity index (χ0n) is 16.1. The van der Waals surface area contributed by atoms with Gasteiger partial charge in [0.15, 0.2) is 0 Å². The summed E-state index contributed by atoms with van der Waals surface area (Å²) >= 11 is 0. The lowest BCUT2D eigenvalue weighted by Gasteiger charge is -2.30. The van der Waals surface area contributed by atoms with Crippen molar-refractivity contribution in [2.45, 2.75) is 43.9 Å². The minimum absolute atomic E-state index is 0.0752. The van der Waals surface area contributed by atoms with Gasteiger partial charge in [-0.1, -0.05) is 30.1 Å². The number of aryl methyl sites for hydroxylation is 1. The molecule has 1 amide bonds. The highest BCUT2D eigenvalue weighted by molar-refractivity contribution is 5.76. The molecule has 2 heterocycles. The second-order valence-corrected chi connectivity index (χ2v) is 7.53. The van der Waals surface area contributed by atoms with Crippen molar-refractivity contribution in [1.29, 1.82) is 0 Å². The van der Waals surface area contributed by atoms with Crippen molar-refractivity contribution in [1.82, 2.24) is 20.4 Å². The summed E-state index contributed by atoms with van der Waals surface area (Å²) in [5.74, 6) is 0.568. The van der Waals surface area contributed by atoms with E-state index in [1.165, 1.54) is 6.07 Å². The largest absolute Gasteiger partial charge is 0.355 e. The summed E-state index contributed by atoms with van der Waals surface area (Å²) in [6.07, 6.45) is 8.05. The minimum Gasteiger partial charge on any atom is -0.355 e. The summed E-state index contributed by atoms with van der Waals surface area (Å²) in [6.45, 7) is 0.514. The standard InChI is InChI=1S/C22H23FN4O2/c23-18-7-3-6-17(13-18)22(10-1-2-11-22)15-25-19(28)8-9-20-26-21(27-29-20)16-5-4-12-24-14-16/h3-7,12-14H,1-2,8-11,15H2,(H,25,28). The monoisotopic (exact) mass is 394 g/mol. The molecule has 6 nitrogen and oxygen atoms in total. The maximum absolute atomic E-state index is 13.7. The maximum Gasteiger partial charge on any atom is 0.227 e. The molecule has 1 saturated carbocycles. The van der Waals surface area contributed by atoms with E-state index in [-0.39, 0.29) is 23.6 Å². The molecule has 1 fully saturated rings. The summed E-state index contributed by atoms with van der Waals surface area (Å²) < 4.78 is 18.9. The highest BCUT2D eigenvalue weighted by Crippen LogP contribution is 2.40. The normalized spacial score (nSPS) is 15.3. The zero-order chi connectivity index (χ0) is 20.1. The van der Waals surface area contributed by atoms with Crippen LogP contribution in [0.15, 0.2) is 53.3 Å². The van der Waals surface area contributed by atoms with Gasteiger partial charge in [0.05, 0.1) is 0 Å². The molecule has 2 aromatic heterocycles. The minimum atomic E-state index is -0.235. The Kier molecular flexibility index (Phi) is 5.64. The number of halogens is 1. The second kappa shape index (κ2) is 8.51. The topological polar surface area (TPSA) is 80.9 Å². The van der Waals surface area contributed by atoms with Gasteiger partial charge in [-0.25, -0.2) is 4.39 Å². The van der Waals surface area contributed by atoms with Crippen molar-refractivity contribution < 1.29 is 13.7 Å². The average Bonchev–Trinajstić information content (AvgIpc) is 3.42. The summed E-state index contributed by atoms with van der Waals surface area (Å²) in [5, 5.41) is 6.97. The molecular formula is C22H23FN4O2. The third kappa shape index (κ3) is 4.50. The lowest BCUT2D eigenvalue weighted by Crippen LogP contribution is -2.39. The van der Waals surface area contributed by atoms with Gasteiger partial charge in [-0.15, -0.1) is 0 Å². The Hall–Kier alpha value is -3.09. The second-order valence-electron chi connectivity index (χ2n) is 7.53. The van der Waals surface area contributed by atoms with Gasteiger partial charge in [0.25, 0.3) is 0 Å². The number of hydrogen-bond acceptors (Lipinski definition) is 5. The molecule has 0 radical (unpaired) electrons. The van der Waals surface area contributed by atoms with Crippen LogP contribution in [0.5, 0.6) is 0 Å². The van der Waals surface area contributed by atoms with Crippen LogP contribution >= 0.6 is 0 Å². The van der Waals surface area contributed by atoms with E-state index in [4.69, 9.17) is 4.52 Å². The molecule has 150 valence electrons. The molecule has 4 rings (SSSR count). The number of amides is 1. The van der Waals surface area contributed by atoms with Crippen LogP contribution in [0.25, 0.3) is 11.4 Å². The molecular weight excluding hydrogens is 371 g/mol. The lowest BCUT2D eigenvalue weighted by molar-refractivity contribution is -0.121. The fourth-order valence-electron chi connectivity index (χ4n) is 3.98. The van der Waals surface area contributed by atoms with E-state index < -0.39 is 0 Å². The summed E-state index contributed by atoms with van der Waals surface area (Å²) in [4.78, 5) is 20.8. The Morgan fingerprint density at radius 3 is 2.83 bits per heavy atom. The fraction of sp³-hybridized carbons (Fsp3) is 0.364. The molecule has 3 aromatic rings. The number of nitrogens with zero attached hydrogens (tertiary/aromatic N) is 3. The van der Waals surface area contributed by atoms with Gasteiger partial charge in [0.2, 0.25) is 17.6 Å². The first-order chi connectivity index (χ1) is 14.1. The fourth-order valence-corrected chi connectivity index (χ4v) is 3.98. The first-order valence-electron chi connectivity index (χ1n) is 9.90. The van der Waals surface area contributed by atoms with E-state index in [9.17, 15) is 9.18 Å². The van der Waals surface area contributed by atoms with Gasteiger partial charge in [-0.3, -0.25) is 9.78 Å². The Labute approximate surface area is 168 Å². The van der Waals surface area contributed by atoms with Crippen molar-refractivity contribution in [3.05, 3.63) is 66.1 Å². The number of benzene rings is 1. The SMILES string of the molecule is O=C(CCc1nc(-c2cccnc2)no1)NCC1(c2cccc(F)c2)CCCC1. The Balaban J connectivity index is 1.33. The van der Waals surface area contributed by atoms with Crippen molar-refractivity contribution in [3.63, 3.8) is 0 Å². The first-order valence-corrected chi connectivity index (χ1v) is 9.90. The van der Waals surface area contributed by atoms with Crippen LogP contribution < -0.4 is 5.32 Å². The molecule has 1 N–H and O–H groups in total. The van der Waals surface area contributed by atoms with Crippen LogP contribution in [-0.4, -0.2) is 27.6 Å². The first kappa shape index (κ1) is 19.2. The number of rotatable bonds is 7. The average molecular weight is 394 g/mol. The summed E-state index contributed by atoms with van der Waals surface area (Å²) in [7, 11) is 0. The van der Waals surface area contributed by atoms with Crippen LogP contribution in [-0.2, 0) is 16.6 Å². The van der Waals surface area contributed by atoms with E-state index in [1.807, 2.05) is 12.1 Å². The van der Waals surface area contributed by atoms with Crippen molar-refractivity contribution in [2.24, 2.45) is 0 Å². The molecule has 7 heteroatoms. The molecule has 0 atom stereocenters. The number of carbonyl (C=O) groups excluding carboxylic acids is 1.